The first-order valence-electron chi connectivity index (χ1n) is 6.13. The van der Waals surface area contributed by atoms with Crippen LogP contribution in [-0.2, 0) is 0 Å². The van der Waals surface area contributed by atoms with E-state index in [-0.39, 0.29) is 0 Å². The highest BCUT2D eigenvalue weighted by atomic mass is 35.5. The van der Waals surface area contributed by atoms with Crippen LogP contribution in [0.4, 0.5) is 0 Å². The van der Waals surface area contributed by atoms with Crippen LogP contribution in [0.2, 0.25) is 5.02 Å². The molecule has 0 spiro atoms. The standard InChI is InChI=1S/C15H10ClN3OS/c1-20-10-3-4-11(16)13(7-10)19-14-6-9(8-17)2-5-12(14)18-15(19)21/h2-7H,1H3,(H,18,21). The normalized spacial score (nSPS) is 10.5. The summed E-state index contributed by atoms with van der Waals surface area (Å²) >= 11 is 11.7. The predicted molar refractivity (Wildman–Crippen MR) is 84.7 cm³/mol. The van der Waals surface area contributed by atoms with Crippen LogP contribution in [0.5, 0.6) is 5.75 Å². The van der Waals surface area contributed by atoms with Crippen molar-refractivity contribution in [2.75, 3.05) is 7.11 Å². The number of nitrogens with zero attached hydrogens (tertiary/aromatic N) is 2. The second kappa shape index (κ2) is 5.24. The molecular formula is C15H10ClN3OS. The lowest BCUT2D eigenvalue weighted by molar-refractivity contribution is 0.414. The van der Waals surface area contributed by atoms with Crippen molar-refractivity contribution >= 4 is 34.9 Å². The van der Waals surface area contributed by atoms with Gasteiger partial charge in [-0.3, -0.25) is 4.57 Å². The fourth-order valence-corrected chi connectivity index (χ4v) is 2.71. The van der Waals surface area contributed by atoms with E-state index < -0.39 is 0 Å². The molecule has 21 heavy (non-hydrogen) atoms. The summed E-state index contributed by atoms with van der Waals surface area (Å²) in [5, 5.41) is 9.61. The smallest absolute Gasteiger partial charge is 0.182 e. The molecule has 0 radical (unpaired) electrons. The minimum Gasteiger partial charge on any atom is -0.497 e. The van der Waals surface area contributed by atoms with Crippen molar-refractivity contribution in [1.82, 2.24) is 9.55 Å². The fraction of sp³-hybridized carbons (Fsp3) is 0.0667. The summed E-state index contributed by atoms with van der Waals surface area (Å²) in [6, 6.07) is 12.8. The van der Waals surface area contributed by atoms with Crippen molar-refractivity contribution in [3.8, 4) is 17.5 Å². The molecule has 104 valence electrons. The Morgan fingerprint density at radius 2 is 2.10 bits per heavy atom. The topological polar surface area (TPSA) is 53.7 Å². The van der Waals surface area contributed by atoms with Gasteiger partial charge in [0, 0.05) is 6.07 Å². The van der Waals surface area contributed by atoms with Gasteiger partial charge in [-0.15, -0.1) is 0 Å². The molecule has 0 aliphatic heterocycles. The van der Waals surface area contributed by atoms with Gasteiger partial charge in [-0.05, 0) is 42.5 Å². The molecule has 0 atom stereocenters. The van der Waals surface area contributed by atoms with Crippen molar-refractivity contribution < 1.29 is 4.74 Å². The quantitative estimate of drug-likeness (QED) is 0.720. The number of H-pyrrole nitrogens is 1. The monoisotopic (exact) mass is 315 g/mol. The van der Waals surface area contributed by atoms with E-state index in [1.807, 2.05) is 12.1 Å². The third-order valence-corrected chi connectivity index (χ3v) is 3.81. The lowest BCUT2D eigenvalue weighted by Gasteiger charge is -2.09. The Kier molecular flexibility index (Phi) is 3.42. The number of halogens is 1. The van der Waals surface area contributed by atoms with Crippen molar-refractivity contribution in [2.24, 2.45) is 0 Å². The van der Waals surface area contributed by atoms with Gasteiger partial charge in [-0.1, -0.05) is 11.6 Å². The largest absolute Gasteiger partial charge is 0.497 e. The molecule has 0 aliphatic carbocycles. The second-order valence-electron chi connectivity index (χ2n) is 4.43. The highest BCUT2D eigenvalue weighted by Gasteiger charge is 2.11. The number of methoxy groups -OCH3 is 1. The maximum absolute atomic E-state index is 9.06. The highest BCUT2D eigenvalue weighted by molar-refractivity contribution is 7.71. The summed E-state index contributed by atoms with van der Waals surface area (Å²) < 4.78 is 7.55. The summed E-state index contributed by atoms with van der Waals surface area (Å²) in [5.41, 5.74) is 2.92. The van der Waals surface area contributed by atoms with E-state index in [9.17, 15) is 0 Å². The SMILES string of the molecule is COc1ccc(Cl)c(-n2c(=S)[nH]c3ccc(C#N)cc32)c1. The molecule has 1 aromatic heterocycles. The summed E-state index contributed by atoms with van der Waals surface area (Å²) in [6.07, 6.45) is 0. The maximum atomic E-state index is 9.06. The van der Waals surface area contributed by atoms with Gasteiger partial charge in [-0.25, -0.2) is 0 Å². The second-order valence-corrected chi connectivity index (χ2v) is 5.22. The zero-order valence-corrected chi connectivity index (χ0v) is 12.6. The van der Waals surface area contributed by atoms with Crippen molar-refractivity contribution in [2.45, 2.75) is 0 Å². The Bertz CT molecular complexity index is 936. The number of imidazole rings is 1. The molecule has 3 aromatic rings. The van der Waals surface area contributed by atoms with E-state index in [1.54, 1.807) is 35.9 Å². The molecule has 4 nitrogen and oxygen atoms in total. The number of fused-ring (bicyclic) bond motifs is 1. The third-order valence-electron chi connectivity index (χ3n) is 3.21. The van der Waals surface area contributed by atoms with Gasteiger partial charge in [0.05, 0.1) is 40.5 Å². The third kappa shape index (κ3) is 2.29. The molecule has 0 saturated heterocycles. The van der Waals surface area contributed by atoms with Gasteiger partial charge in [0.15, 0.2) is 4.77 Å². The zero-order valence-electron chi connectivity index (χ0n) is 11.1. The average molecular weight is 316 g/mol. The molecular weight excluding hydrogens is 306 g/mol. The first-order valence-corrected chi connectivity index (χ1v) is 6.91. The van der Waals surface area contributed by atoms with Crippen molar-refractivity contribution in [3.05, 3.63) is 51.8 Å². The van der Waals surface area contributed by atoms with Crippen LogP contribution in [0.15, 0.2) is 36.4 Å². The van der Waals surface area contributed by atoms with E-state index >= 15 is 0 Å². The van der Waals surface area contributed by atoms with Gasteiger partial charge in [0.25, 0.3) is 0 Å². The van der Waals surface area contributed by atoms with Crippen LogP contribution < -0.4 is 4.74 Å². The number of hydrogen-bond acceptors (Lipinski definition) is 3. The van der Waals surface area contributed by atoms with Crippen molar-refractivity contribution in [1.29, 1.82) is 5.26 Å². The number of rotatable bonds is 2. The predicted octanol–water partition coefficient (Wildman–Crippen LogP) is 4.22. The lowest BCUT2D eigenvalue weighted by Crippen LogP contribution is -1.96. The highest BCUT2D eigenvalue weighted by Crippen LogP contribution is 2.29. The molecule has 0 aliphatic rings. The van der Waals surface area contributed by atoms with Gasteiger partial charge < -0.3 is 9.72 Å². The van der Waals surface area contributed by atoms with Gasteiger partial charge >= 0.3 is 0 Å². The lowest BCUT2D eigenvalue weighted by atomic mass is 10.2. The number of hydrogen-bond donors (Lipinski definition) is 1. The van der Waals surface area contributed by atoms with Crippen LogP contribution >= 0.6 is 23.8 Å². The number of nitrogens with one attached hydrogen (secondary N) is 1. The minimum absolute atomic E-state index is 0.509. The molecule has 2 aromatic carbocycles. The Labute approximate surface area is 131 Å². The Morgan fingerprint density at radius 3 is 2.81 bits per heavy atom. The van der Waals surface area contributed by atoms with E-state index in [4.69, 9.17) is 33.8 Å². The van der Waals surface area contributed by atoms with Gasteiger partial charge in [0.2, 0.25) is 0 Å². The Balaban J connectivity index is 2.37. The van der Waals surface area contributed by atoms with Crippen molar-refractivity contribution in [3.63, 3.8) is 0 Å². The van der Waals surface area contributed by atoms with E-state index in [2.05, 4.69) is 11.1 Å². The summed E-state index contributed by atoms with van der Waals surface area (Å²) in [5.74, 6) is 0.682. The van der Waals surface area contributed by atoms with Crippen LogP contribution in [0.3, 0.4) is 0 Å². The van der Waals surface area contributed by atoms with Crippen LogP contribution in [0, 0.1) is 16.1 Å². The molecule has 3 rings (SSSR count). The fourth-order valence-electron chi connectivity index (χ4n) is 2.20. The maximum Gasteiger partial charge on any atom is 0.182 e. The Morgan fingerprint density at radius 1 is 1.29 bits per heavy atom. The molecule has 1 heterocycles. The number of ether oxygens (including phenoxy) is 1. The summed E-state index contributed by atoms with van der Waals surface area (Å²) in [7, 11) is 1.59. The summed E-state index contributed by atoms with van der Waals surface area (Å²) in [6.45, 7) is 0. The number of benzene rings is 2. The first kappa shape index (κ1) is 13.7. The van der Waals surface area contributed by atoms with Crippen LogP contribution in [0.1, 0.15) is 5.56 Å². The molecule has 0 bridgehead atoms. The summed E-state index contributed by atoms with van der Waals surface area (Å²) in [4.78, 5) is 3.11. The number of aromatic nitrogens is 2. The van der Waals surface area contributed by atoms with E-state index in [0.717, 1.165) is 11.0 Å². The van der Waals surface area contributed by atoms with Gasteiger partial charge in [-0.2, -0.15) is 5.26 Å². The molecule has 0 saturated carbocycles. The zero-order chi connectivity index (χ0) is 15.0. The molecule has 0 amide bonds. The average Bonchev–Trinajstić information content (AvgIpc) is 2.82. The van der Waals surface area contributed by atoms with Crippen LogP contribution in [-0.4, -0.2) is 16.7 Å². The minimum atomic E-state index is 0.509. The van der Waals surface area contributed by atoms with Crippen LogP contribution in [0.25, 0.3) is 16.7 Å². The van der Waals surface area contributed by atoms with E-state index in [1.165, 1.54) is 0 Å². The first-order chi connectivity index (χ1) is 10.1. The van der Waals surface area contributed by atoms with E-state index in [0.29, 0.717) is 26.8 Å². The number of aromatic amines is 1. The van der Waals surface area contributed by atoms with Gasteiger partial charge in [0.1, 0.15) is 5.75 Å². The molecule has 6 heteroatoms. The molecule has 1 N–H and O–H groups in total. The Hall–Kier alpha value is -2.29. The molecule has 0 unspecified atom stereocenters. The number of nitriles is 1. The molecule has 0 fully saturated rings.